The van der Waals surface area contributed by atoms with Crippen molar-refractivity contribution in [2.24, 2.45) is 0 Å². The molecule has 26 heavy (non-hydrogen) atoms. The molecule has 2 fully saturated rings. The standard InChI is InChI=1S/C18H24IN4O2S/c1-19-15-8-12(22-26(24,25)13-2-3-13)9-16(15)23-7-5-11-10-21-18-14(17(11)23)4-6-20-18/h4,6,10,12-13,15-16,22H,2-3,5,7-9H2,1H3,(H,20,21)/q-1/t12-,15+,16-/m0/s1. The molecule has 3 heterocycles. The van der Waals surface area contributed by atoms with E-state index in [-0.39, 0.29) is 32.5 Å². The summed E-state index contributed by atoms with van der Waals surface area (Å²) in [5, 5.41) is 1.07. The second-order valence-electron chi connectivity index (χ2n) is 7.65. The fraction of sp³-hybridized carbons (Fsp3) is 0.611. The third-order valence-corrected chi connectivity index (χ3v) is 10.9. The SMILES string of the molecule is C[I-][C@@H]1C[C@H](NS(=O)(=O)C2CC2)C[C@@H]1N1CCc2cnc3[nH]ccc3c21. The number of halogens is 1. The summed E-state index contributed by atoms with van der Waals surface area (Å²) < 4.78 is 28.4. The van der Waals surface area contributed by atoms with Gasteiger partial charge in [0.15, 0.2) is 0 Å². The van der Waals surface area contributed by atoms with Crippen LogP contribution in [0.2, 0.25) is 0 Å². The van der Waals surface area contributed by atoms with Crippen molar-refractivity contribution in [3.63, 3.8) is 0 Å². The molecule has 2 aliphatic carbocycles. The average Bonchev–Trinajstić information content (AvgIpc) is 3.06. The van der Waals surface area contributed by atoms with Gasteiger partial charge >= 0.3 is 165 Å². The van der Waals surface area contributed by atoms with Gasteiger partial charge in [-0.15, -0.1) is 0 Å². The molecule has 2 saturated carbocycles. The van der Waals surface area contributed by atoms with Gasteiger partial charge in [-0.1, -0.05) is 0 Å². The summed E-state index contributed by atoms with van der Waals surface area (Å²) in [6.45, 7) is 1.02. The summed E-state index contributed by atoms with van der Waals surface area (Å²) in [7, 11) is -3.11. The van der Waals surface area contributed by atoms with Crippen LogP contribution in [0.4, 0.5) is 5.69 Å². The Balaban J connectivity index is 1.43. The predicted molar refractivity (Wildman–Crippen MR) is 98.7 cm³/mol. The van der Waals surface area contributed by atoms with Crippen molar-refractivity contribution >= 4 is 26.7 Å². The van der Waals surface area contributed by atoms with E-state index >= 15 is 0 Å². The van der Waals surface area contributed by atoms with Gasteiger partial charge < -0.3 is 0 Å². The summed E-state index contributed by atoms with van der Waals surface area (Å²) in [6.07, 6.45) is 8.58. The minimum absolute atomic E-state index is 0.0526. The molecular formula is C18H24IN4O2S-. The van der Waals surface area contributed by atoms with Gasteiger partial charge in [-0.3, -0.25) is 0 Å². The molecule has 0 spiro atoms. The Morgan fingerprint density at radius 3 is 2.96 bits per heavy atom. The Kier molecular flexibility index (Phi) is 4.20. The van der Waals surface area contributed by atoms with Crippen molar-refractivity contribution in [1.29, 1.82) is 0 Å². The topological polar surface area (TPSA) is 78.1 Å². The number of sulfonamides is 1. The van der Waals surface area contributed by atoms with Crippen LogP contribution in [0.1, 0.15) is 31.2 Å². The second kappa shape index (κ2) is 6.34. The Morgan fingerprint density at radius 1 is 1.35 bits per heavy atom. The molecule has 0 aromatic carbocycles. The van der Waals surface area contributed by atoms with Crippen LogP contribution >= 0.6 is 0 Å². The Hall–Kier alpha value is -0.870. The average molecular weight is 487 g/mol. The van der Waals surface area contributed by atoms with E-state index in [0.29, 0.717) is 9.97 Å². The zero-order valence-electron chi connectivity index (χ0n) is 14.8. The van der Waals surface area contributed by atoms with Crippen molar-refractivity contribution in [2.45, 2.75) is 53.4 Å². The molecule has 8 heteroatoms. The molecule has 1 aliphatic heterocycles. The molecule has 3 atom stereocenters. The first-order valence-electron chi connectivity index (χ1n) is 9.27. The number of H-pyrrole nitrogens is 1. The van der Waals surface area contributed by atoms with Crippen LogP contribution in [-0.4, -0.2) is 51.1 Å². The van der Waals surface area contributed by atoms with E-state index in [4.69, 9.17) is 0 Å². The predicted octanol–water partition coefficient (Wildman–Crippen LogP) is -1.37. The molecule has 6 nitrogen and oxygen atoms in total. The van der Waals surface area contributed by atoms with Crippen molar-refractivity contribution < 1.29 is 29.6 Å². The van der Waals surface area contributed by atoms with Crippen LogP contribution in [0.3, 0.4) is 0 Å². The molecule has 2 aromatic rings. The second-order valence-corrected chi connectivity index (χ2v) is 12.5. The number of hydrogen-bond donors (Lipinski definition) is 2. The van der Waals surface area contributed by atoms with E-state index in [1.165, 1.54) is 16.6 Å². The number of aromatic nitrogens is 2. The van der Waals surface area contributed by atoms with E-state index in [1.807, 2.05) is 12.4 Å². The van der Waals surface area contributed by atoms with Gasteiger partial charge in [0.1, 0.15) is 0 Å². The number of aromatic amines is 1. The fourth-order valence-electron chi connectivity index (χ4n) is 4.57. The number of fused-ring (bicyclic) bond motifs is 3. The van der Waals surface area contributed by atoms with Gasteiger partial charge in [-0.05, 0) is 0 Å². The molecule has 0 amide bonds. The van der Waals surface area contributed by atoms with Crippen LogP contribution in [0.5, 0.6) is 0 Å². The first-order valence-corrected chi connectivity index (χ1v) is 14.2. The monoisotopic (exact) mass is 487 g/mol. The number of alkyl halides is 2. The Bertz CT molecular complexity index is 940. The van der Waals surface area contributed by atoms with E-state index in [0.717, 1.165) is 44.3 Å². The summed E-state index contributed by atoms with van der Waals surface area (Å²) in [5.74, 6) is 0. The van der Waals surface area contributed by atoms with Crippen LogP contribution in [-0.2, 0) is 16.4 Å². The van der Waals surface area contributed by atoms with Gasteiger partial charge in [-0.25, -0.2) is 0 Å². The summed E-state index contributed by atoms with van der Waals surface area (Å²) in [6, 6.07) is 2.67. The van der Waals surface area contributed by atoms with Crippen LogP contribution in [0.25, 0.3) is 11.0 Å². The third kappa shape index (κ3) is 2.84. The number of pyridine rings is 1. The van der Waals surface area contributed by atoms with Crippen LogP contribution < -0.4 is 30.8 Å². The number of hydrogen-bond acceptors (Lipinski definition) is 4. The first-order chi connectivity index (χ1) is 12.6. The molecule has 0 radical (unpaired) electrons. The maximum absolute atomic E-state index is 12.4. The van der Waals surface area contributed by atoms with Crippen LogP contribution in [0.15, 0.2) is 18.5 Å². The summed E-state index contributed by atoms with van der Waals surface area (Å²) >= 11 is 0.0526. The van der Waals surface area contributed by atoms with E-state index in [1.54, 1.807) is 0 Å². The normalized spacial score (nSPS) is 29.0. The van der Waals surface area contributed by atoms with Crippen molar-refractivity contribution in [1.82, 2.24) is 14.7 Å². The van der Waals surface area contributed by atoms with Gasteiger partial charge in [0.25, 0.3) is 0 Å². The molecule has 2 N–H and O–H groups in total. The maximum atomic E-state index is 12.4. The molecule has 0 unspecified atom stereocenters. The fourth-order valence-corrected chi connectivity index (χ4v) is 8.81. The molecular weight excluding hydrogens is 463 g/mol. The summed E-state index contributed by atoms with van der Waals surface area (Å²) in [5.41, 5.74) is 3.60. The third-order valence-electron chi connectivity index (χ3n) is 5.97. The zero-order chi connectivity index (χ0) is 17.9. The number of nitrogens with zero attached hydrogens (tertiary/aromatic N) is 2. The van der Waals surface area contributed by atoms with Crippen LogP contribution in [0, 0.1) is 0 Å². The quantitative estimate of drug-likeness (QED) is 0.403. The van der Waals surface area contributed by atoms with E-state index in [2.05, 4.69) is 30.6 Å². The van der Waals surface area contributed by atoms with E-state index < -0.39 is 10.0 Å². The van der Waals surface area contributed by atoms with E-state index in [9.17, 15) is 8.42 Å². The van der Waals surface area contributed by atoms with Gasteiger partial charge in [0.05, 0.1) is 0 Å². The van der Waals surface area contributed by atoms with Gasteiger partial charge in [0.2, 0.25) is 0 Å². The molecule has 5 rings (SSSR count). The number of rotatable bonds is 5. The molecule has 3 aliphatic rings. The Labute approximate surface area is 164 Å². The Morgan fingerprint density at radius 2 is 2.19 bits per heavy atom. The zero-order valence-corrected chi connectivity index (χ0v) is 17.8. The number of anilines is 1. The van der Waals surface area contributed by atoms with Crippen molar-refractivity contribution in [3.8, 4) is 0 Å². The molecule has 142 valence electrons. The first kappa shape index (κ1) is 17.2. The number of nitrogens with one attached hydrogen (secondary N) is 2. The molecule has 2 aromatic heterocycles. The van der Waals surface area contributed by atoms with Gasteiger partial charge in [0, 0.05) is 0 Å². The van der Waals surface area contributed by atoms with Crippen molar-refractivity contribution in [3.05, 3.63) is 24.0 Å². The van der Waals surface area contributed by atoms with Crippen molar-refractivity contribution in [2.75, 3.05) is 16.4 Å². The molecule has 0 bridgehead atoms. The summed E-state index contributed by atoms with van der Waals surface area (Å²) in [4.78, 5) is 12.7. The molecule has 0 saturated heterocycles. The minimum atomic E-state index is -3.11. The van der Waals surface area contributed by atoms with Gasteiger partial charge in [-0.2, -0.15) is 0 Å².